The molecule has 0 bridgehead atoms. The van der Waals surface area contributed by atoms with Crippen molar-refractivity contribution >= 4 is 5.91 Å². The molecule has 1 amide bonds. The summed E-state index contributed by atoms with van der Waals surface area (Å²) in [4.78, 5) is 17.1. The van der Waals surface area contributed by atoms with Gasteiger partial charge in [-0.2, -0.15) is 0 Å². The third-order valence-corrected chi connectivity index (χ3v) is 4.73. The van der Waals surface area contributed by atoms with Crippen molar-refractivity contribution in [1.29, 1.82) is 0 Å². The second kappa shape index (κ2) is 6.20. The molecule has 0 saturated carbocycles. The molecule has 1 unspecified atom stereocenters. The van der Waals surface area contributed by atoms with Gasteiger partial charge in [0.25, 0.3) is 0 Å². The van der Waals surface area contributed by atoms with E-state index in [1.807, 2.05) is 0 Å². The highest BCUT2D eigenvalue weighted by Gasteiger charge is 2.35. The molecular formula is C14H28N4O. The summed E-state index contributed by atoms with van der Waals surface area (Å²) in [6.45, 7) is 8.01. The van der Waals surface area contributed by atoms with Crippen LogP contribution in [0.3, 0.4) is 0 Å². The summed E-state index contributed by atoms with van der Waals surface area (Å²) in [6.07, 6.45) is 1.89. The minimum atomic E-state index is -0.176. The summed E-state index contributed by atoms with van der Waals surface area (Å²) in [7, 11) is 4.30. The molecule has 5 nitrogen and oxygen atoms in total. The molecule has 2 saturated heterocycles. The van der Waals surface area contributed by atoms with E-state index in [2.05, 4.69) is 41.5 Å². The number of carbonyl (C=O) groups excluding carboxylic acids is 1. The zero-order valence-electron chi connectivity index (χ0n) is 12.5. The number of likely N-dealkylation sites (N-methyl/N-ethyl adjacent to an activating group) is 2. The molecule has 19 heavy (non-hydrogen) atoms. The molecule has 0 aromatic rings. The predicted octanol–water partition coefficient (Wildman–Crippen LogP) is -0.262. The largest absolute Gasteiger partial charge is 0.354 e. The highest BCUT2D eigenvalue weighted by atomic mass is 16.2. The molecule has 2 aliphatic heterocycles. The number of nitrogens with one attached hydrogen (secondary N) is 2. The quantitative estimate of drug-likeness (QED) is 0.740. The van der Waals surface area contributed by atoms with E-state index in [9.17, 15) is 4.79 Å². The first-order valence-electron chi connectivity index (χ1n) is 7.39. The maximum absolute atomic E-state index is 12.4. The molecule has 5 heteroatoms. The molecule has 110 valence electrons. The first-order valence-corrected chi connectivity index (χ1v) is 7.39. The van der Waals surface area contributed by atoms with Crippen LogP contribution in [0, 0.1) is 5.41 Å². The third-order valence-electron chi connectivity index (χ3n) is 4.73. The first-order chi connectivity index (χ1) is 9.01. The van der Waals surface area contributed by atoms with Crippen molar-refractivity contribution in [3.05, 3.63) is 0 Å². The van der Waals surface area contributed by atoms with E-state index in [0.29, 0.717) is 6.04 Å². The lowest BCUT2D eigenvalue weighted by Gasteiger charge is -2.39. The fourth-order valence-electron chi connectivity index (χ4n) is 2.95. The molecule has 2 fully saturated rings. The smallest absolute Gasteiger partial charge is 0.226 e. The van der Waals surface area contributed by atoms with Crippen LogP contribution in [0.4, 0.5) is 0 Å². The average Bonchev–Trinajstić information content (AvgIpc) is 2.40. The Labute approximate surface area is 116 Å². The van der Waals surface area contributed by atoms with Gasteiger partial charge >= 0.3 is 0 Å². The number of carbonyl (C=O) groups is 1. The third kappa shape index (κ3) is 3.68. The van der Waals surface area contributed by atoms with Crippen LogP contribution in [-0.2, 0) is 4.79 Å². The molecule has 2 rings (SSSR count). The van der Waals surface area contributed by atoms with Gasteiger partial charge in [-0.3, -0.25) is 9.69 Å². The van der Waals surface area contributed by atoms with Crippen molar-refractivity contribution in [2.45, 2.75) is 25.8 Å². The Morgan fingerprint density at radius 2 is 2.00 bits per heavy atom. The molecule has 0 aromatic carbocycles. The number of rotatable bonds is 3. The number of piperidine rings is 1. The van der Waals surface area contributed by atoms with Crippen molar-refractivity contribution < 1.29 is 4.79 Å². The summed E-state index contributed by atoms with van der Waals surface area (Å²) in [6, 6.07) is 0.438. The molecule has 0 aliphatic carbocycles. The Morgan fingerprint density at radius 3 is 2.68 bits per heavy atom. The Bertz CT molecular complexity index is 315. The monoisotopic (exact) mass is 268 g/mol. The highest BCUT2D eigenvalue weighted by Crippen LogP contribution is 2.27. The second-order valence-electron chi connectivity index (χ2n) is 6.42. The van der Waals surface area contributed by atoms with Crippen molar-refractivity contribution in [3.63, 3.8) is 0 Å². The molecule has 1 atom stereocenters. The standard InChI is InChI=1S/C14H28N4O/c1-14(4-6-15-7-5-14)13(19)16-10-12-11-17(2)8-9-18(12)3/h12,15H,4-11H2,1-3H3,(H,16,19). The molecule has 0 radical (unpaired) electrons. The van der Waals surface area contributed by atoms with Gasteiger partial charge in [0.2, 0.25) is 5.91 Å². The van der Waals surface area contributed by atoms with E-state index in [1.165, 1.54) is 0 Å². The van der Waals surface area contributed by atoms with Gasteiger partial charge in [0.1, 0.15) is 0 Å². The van der Waals surface area contributed by atoms with Gasteiger partial charge in [-0.15, -0.1) is 0 Å². The lowest BCUT2D eigenvalue weighted by atomic mass is 9.80. The topological polar surface area (TPSA) is 47.6 Å². The molecule has 2 N–H and O–H groups in total. The zero-order valence-corrected chi connectivity index (χ0v) is 12.5. The van der Waals surface area contributed by atoms with Gasteiger partial charge in [0, 0.05) is 37.6 Å². The molecule has 2 heterocycles. The molecule has 2 aliphatic rings. The van der Waals surface area contributed by atoms with Crippen molar-refractivity contribution in [2.24, 2.45) is 5.41 Å². The number of amides is 1. The molecule has 0 aromatic heterocycles. The van der Waals surface area contributed by atoms with Crippen molar-refractivity contribution in [3.8, 4) is 0 Å². The summed E-state index contributed by atoms with van der Waals surface area (Å²) >= 11 is 0. The Kier molecular flexibility index (Phi) is 4.81. The van der Waals surface area contributed by atoms with E-state index >= 15 is 0 Å². The van der Waals surface area contributed by atoms with Crippen LogP contribution in [0.5, 0.6) is 0 Å². The maximum atomic E-state index is 12.4. The van der Waals surface area contributed by atoms with Crippen molar-refractivity contribution in [1.82, 2.24) is 20.4 Å². The molecular weight excluding hydrogens is 240 g/mol. The van der Waals surface area contributed by atoms with E-state index in [0.717, 1.165) is 52.1 Å². The Hall–Kier alpha value is -0.650. The lowest BCUT2D eigenvalue weighted by Crippen LogP contribution is -2.56. The Balaban J connectivity index is 1.82. The fourth-order valence-corrected chi connectivity index (χ4v) is 2.95. The van der Waals surface area contributed by atoms with E-state index < -0.39 is 0 Å². The fraction of sp³-hybridized carbons (Fsp3) is 0.929. The van der Waals surface area contributed by atoms with E-state index in [-0.39, 0.29) is 11.3 Å². The van der Waals surface area contributed by atoms with Crippen LogP contribution < -0.4 is 10.6 Å². The van der Waals surface area contributed by atoms with Gasteiger partial charge in [-0.1, -0.05) is 6.92 Å². The SMILES string of the molecule is CN1CCN(C)C(CNC(=O)C2(C)CCNCC2)C1. The van der Waals surface area contributed by atoms with Crippen molar-refractivity contribution in [2.75, 3.05) is 53.4 Å². The van der Waals surface area contributed by atoms with Crippen LogP contribution in [0.25, 0.3) is 0 Å². The maximum Gasteiger partial charge on any atom is 0.226 e. The average molecular weight is 268 g/mol. The van der Waals surface area contributed by atoms with E-state index in [1.54, 1.807) is 0 Å². The summed E-state index contributed by atoms with van der Waals surface area (Å²) in [5.74, 6) is 0.232. The second-order valence-corrected chi connectivity index (χ2v) is 6.42. The zero-order chi connectivity index (χ0) is 13.9. The minimum absolute atomic E-state index is 0.176. The van der Waals surface area contributed by atoms with Crippen LogP contribution in [-0.4, -0.2) is 75.1 Å². The van der Waals surface area contributed by atoms with Crippen LogP contribution in [0.1, 0.15) is 19.8 Å². The normalized spacial score (nSPS) is 29.1. The van der Waals surface area contributed by atoms with Gasteiger partial charge in [-0.05, 0) is 40.0 Å². The minimum Gasteiger partial charge on any atom is -0.354 e. The van der Waals surface area contributed by atoms with Crippen LogP contribution >= 0.6 is 0 Å². The Morgan fingerprint density at radius 1 is 1.32 bits per heavy atom. The van der Waals surface area contributed by atoms with Crippen LogP contribution in [0.15, 0.2) is 0 Å². The lowest BCUT2D eigenvalue weighted by molar-refractivity contribution is -0.131. The summed E-state index contributed by atoms with van der Waals surface area (Å²) < 4.78 is 0. The van der Waals surface area contributed by atoms with E-state index in [4.69, 9.17) is 0 Å². The summed E-state index contributed by atoms with van der Waals surface area (Å²) in [5, 5.41) is 6.50. The molecule has 0 spiro atoms. The van der Waals surface area contributed by atoms with Gasteiger partial charge in [0.05, 0.1) is 0 Å². The number of hydrogen-bond donors (Lipinski definition) is 2. The highest BCUT2D eigenvalue weighted by molar-refractivity contribution is 5.82. The first kappa shape index (κ1) is 14.8. The number of piperazine rings is 1. The van der Waals surface area contributed by atoms with Gasteiger partial charge in [0.15, 0.2) is 0 Å². The van der Waals surface area contributed by atoms with Crippen LogP contribution in [0.2, 0.25) is 0 Å². The summed E-state index contributed by atoms with van der Waals surface area (Å²) in [5.41, 5.74) is -0.176. The van der Waals surface area contributed by atoms with Gasteiger partial charge < -0.3 is 15.5 Å². The number of nitrogens with zero attached hydrogens (tertiary/aromatic N) is 2. The predicted molar refractivity (Wildman–Crippen MR) is 77.1 cm³/mol. The van der Waals surface area contributed by atoms with Gasteiger partial charge in [-0.25, -0.2) is 0 Å². The number of hydrogen-bond acceptors (Lipinski definition) is 4.